The number of carboxylic acids is 1. The third kappa shape index (κ3) is 4.57. The Morgan fingerprint density at radius 1 is 1.39 bits per heavy atom. The molecular weight excluding hydrogens is 236 g/mol. The summed E-state index contributed by atoms with van der Waals surface area (Å²) in [5.41, 5.74) is 0. The zero-order valence-corrected chi connectivity index (χ0v) is 10.4. The summed E-state index contributed by atoms with van der Waals surface area (Å²) in [5, 5.41) is 10.5. The number of amides is 3. The topological polar surface area (TPSA) is 86.7 Å². The van der Waals surface area contributed by atoms with Gasteiger partial charge in [0, 0.05) is 25.2 Å². The molecule has 6 heteroatoms. The van der Waals surface area contributed by atoms with Crippen LogP contribution >= 0.6 is 0 Å². The quantitative estimate of drug-likeness (QED) is 0.732. The molecule has 100 valence electrons. The van der Waals surface area contributed by atoms with E-state index < -0.39 is 17.9 Å². The molecule has 0 aliphatic carbocycles. The molecule has 0 aromatic carbocycles. The highest BCUT2D eigenvalue weighted by atomic mass is 16.4. The van der Waals surface area contributed by atoms with Crippen LogP contribution in [-0.2, 0) is 9.59 Å². The van der Waals surface area contributed by atoms with E-state index in [2.05, 4.69) is 12.2 Å². The summed E-state index contributed by atoms with van der Waals surface area (Å²) in [4.78, 5) is 34.7. The first-order valence-electron chi connectivity index (χ1n) is 6.03. The van der Waals surface area contributed by atoms with Crippen LogP contribution in [0, 0.1) is 5.92 Å². The van der Waals surface area contributed by atoms with Crippen LogP contribution in [0.4, 0.5) is 4.79 Å². The van der Waals surface area contributed by atoms with E-state index >= 15 is 0 Å². The number of urea groups is 1. The van der Waals surface area contributed by atoms with Gasteiger partial charge in [-0.2, -0.15) is 0 Å². The van der Waals surface area contributed by atoms with Crippen LogP contribution in [0.1, 0.15) is 26.2 Å². The van der Waals surface area contributed by atoms with Crippen LogP contribution in [0.3, 0.4) is 0 Å². The first-order valence-corrected chi connectivity index (χ1v) is 6.03. The number of carbonyl (C=O) groups is 3. The van der Waals surface area contributed by atoms with Crippen LogP contribution in [0.5, 0.6) is 0 Å². The van der Waals surface area contributed by atoms with Crippen molar-refractivity contribution in [3.63, 3.8) is 0 Å². The van der Waals surface area contributed by atoms with E-state index in [1.165, 1.54) is 0 Å². The predicted molar refractivity (Wildman–Crippen MR) is 64.9 cm³/mol. The number of nitrogens with one attached hydrogen (secondary N) is 1. The fourth-order valence-electron chi connectivity index (χ4n) is 2.03. The van der Waals surface area contributed by atoms with E-state index in [1.54, 1.807) is 4.90 Å². The summed E-state index contributed by atoms with van der Waals surface area (Å²) >= 11 is 0. The normalized spacial score (nSPS) is 19.2. The van der Waals surface area contributed by atoms with E-state index in [0.717, 1.165) is 25.3 Å². The van der Waals surface area contributed by atoms with E-state index in [0.29, 0.717) is 25.1 Å². The van der Waals surface area contributed by atoms with Crippen molar-refractivity contribution in [2.45, 2.75) is 26.2 Å². The lowest BCUT2D eigenvalue weighted by molar-refractivity contribution is -0.131. The van der Waals surface area contributed by atoms with Crippen LogP contribution in [0.2, 0.25) is 0 Å². The van der Waals surface area contributed by atoms with E-state index in [4.69, 9.17) is 5.11 Å². The minimum Gasteiger partial charge on any atom is -0.478 e. The van der Waals surface area contributed by atoms with Gasteiger partial charge in [-0.05, 0) is 18.8 Å². The molecule has 1 aliphatic heterocycles. The molecule has 1 atom stereocenters. The molecule has 0 radical (unpaired) electrons. The van der Waals surface area contributed by atoms with Gasteiger partial charge in [0.1, 0.15) is 0 Å². The Morgan fingerprint density at radius 2 is 2.11 bits per heavy atom. The number of carbonyl (C=O) groups excluding carboxylic acids is 2. The minimum atomic E-state index is -1.22. The van der Waals surface area contributed by atoms with E-state index in [1.807, 2.05) is 0 Å². The molecule has 0 bridgehead atoms. The van der Waals surface area contributed by atoms with Crippen molar-refractivity contribution in [2.24, 2.45) is 5.92 Å². The van der Waals surface area contributed by atoms with Crippen molar-refractivity contribution in [1.82, 2.24) is 10.2 Å². The first-order chi connectivity index (χ1) is 8.52. The van der Waals surface area contributed by atoms with Crippen molar-refractivity contribution in [3.05, 3.63) is 12.2 Å². The lowest BCUT2D eigenvalue weighted by Gasteiger charge is -2.15. The van der Waals surface area contributed by atoms with Gasteiger partial charge >= 0.3 is 12.0 Å². The van der Waals surface area contributed by atoms with Gasteiger partial charge in [-0.25, -0.2) is 9.59 Å². The van der Waals surface area contributed by atoms with Gasteiger partial charge in [-0.15, -0.1) is 0 Å². The maximum absolute atomic E-state index is 11.7. The van der Waals surface area contributed by atoms with Crippen molar-refractivity contribution >= 4 is 17.9 Å². The summed E-state index contributed by atoms with van der Waals surface area (Å²) in [5.74, 6) is -1.42. The summed E-state index contributed by atoms with van der Waals surface area (Å²) in [7, 11) is 0. The molecule has 1 saturated heterocycles. The van der Waals surface area contributed by atoms with Crippen molar-refractivity contribution < 1.29 is 19.5 Å². The number of likely N-dealkylation sites (tertiary alicyclic amines) is 1. The zero-order valence-electron chi connectivity index (χ0n) is 10.4. The van der Waals surface area contributed by atoms with E-state index in [-0.39, 0.29) is 0 Å². The number of rotatable bonds is 4. The molecule has 18 heavy (non-hydrogen) atoms. The third-order valence-electron chi connectivity index (χ3n) is 2.88. The summed E-state index contributed by atoms with van der Waals surface area (Å²) in [6.07, 6.45) is 4.66. The Balaban J connectivity index is 2.38. The van der Waals surface area contributed by atoms with Gasteiger partial charge in [-0.3, -0.25) is 10.1 Å². The number of carboxylic acid groups (broad SMARTS) is 1. The van der Waals surface area contributed by atoms with Crippen LogP contribution in [0.25, 0.3) is 0 Å². The Bertz CT molecular complexity index is 365. The molecule has 1 rings (SSSR count). The number of nitrogens with zero attached hydrogens (tertiary/aromatic N) is 1. The third-order valence-corrected chi connectivity index (χ3v) is 2.88. The fraction of sp³-hybridized carbons (Fsp3) is 0.583. The maximum atomic E-state index is 11.7. The summed E-state index contributed by atoms with van der Waals surface area (Å²) in [6.45, 7) is 3.41. The van der Waals surface area contributed by atoms with E-state index in [9.17, 15) is 14.4 Å². The molecule has 0 saturated carbocycles. The molecule has 0 aromatic heterocycles. The van der Waals surface area contributed by atoms with Crippen molar-refractivity contribution in [1.29, 1.82) is 0 Å². The number of aliphatic carboxylic acids is 1. The SMILES string of the molecule is CCCC1CCN(C(=O)NC(=O)/C=C/C(=O)O)C1. The molecule has 0 aromatic rings. The standard InChI is InChI=1S/C12H18N2O4/c1-2-3-9-6-7-14(8-9)12(18)13-10(15)4-5-11(16)17/h4-5,9H,2-3,6-8H2,1H3,(H,16,17)(H,13,15,18)/b5-4+. The molecule has 1 heterocycles. The molecule has 3 amide bonds. The molecule has 0 spiro atoms. The molecule has 1 unspecified atom stereocenters. The Hall–Kier alpha value is -1.85. The number of imide groups is 1. The average molecular weight is 254 g/mol. The second kappa shape index (κ2) is 6.78. The van der Waals surface area contributed by atoms with Gasteiger partial charge in [-0.1, -0.05) is 13.3 Å². The van der Waals surface area contributed by atoms with Gasteiger partial charge in [0.2, 0.25) is 0 Å². The summed E-state index contributed by atoms with van der Waals surface area (Å²) < 4.78 is 0. The average Bonchev–Trinajstić information content (AvgIpc) is 2.75. The van der Waals surface area contributed by atoms with Crippen molar-refractivity contribution in [3.8, 4) is 0 Å². The van der Waals surface area contributed by atoms with Crippen LogP contribution in [0.15, 0.2) is 12.2 Å². The molecule has 2 N–H and O–H groups in total. The predicted octanol–water partition coefficient (Wildman–Crippen LogP) is 0.985. The second-order valence-corrected chi connectivity index (χ2v) is 4.36. The number of hydrogen-bond donors (Lipinski definition) is 2. The fourth-order valence-corrected chi connectivity index (χ4v) is 2.03. The Morgan fingerprint density at radius 3 is 2.72 bits per heavy atom. The summed E-state index contributed by atoms with van der Waals surface area (Å²) in [6, 6.07) is -0.450. The maximum Gasteiger partial charge on any atom is 0.328 e. The van der Waals surface area contributed by atoms with Gasteiger partial charge < -0.3 is 10.0 Å². The van der Waals surface area contributed by atoms with Crippen molar-refractivity contribution in [2.75, 3.05) is 13.1 Å². The Labute approximate surface area is 106 Å². The Kier molecular flexibility index (Phi) is 5.35. The largest absolute Gasteiger partial charge is 0.478 e. The molecule has 6 nitrogen and oxygen atoms in total. The molecule has 1 aliphatic rings. The minimum absolute atomic E-state index is 0.450. The highest BCUT2D eigenvalue weighted by molar-refractivity contribution is 6.02. The molecular formula is C12H18N2O4. The lowest BCUT2D eigenvalue weighted by Crippen LogP contribution is -2.41. The van der Waals surface area contributed by atoms with Gasteiger partial charge in [0.05, 0.1) is 0 Å². The highest BCUT2D eigenvalue weighted by Crippen LogP contribution is 2.20. The van der Waals surface area contributed by atoms with Gasteiger partial charge in [0.15, 0.2) is 0 Å². The highest BCUT2D eigenvalue weighted by Gasteiger charge is 2.25. The monoisotopic (exact) mass is 254 g/mol. The van der Waals surface area contributed by atoms with Crippen LogP contribution in [-0.4, -0.2) is 41.0 Å². The first kappa shape index (κ1) is 14.2. The number of hydrogen-bond acceptors (Lipinski definition) is 3. The smallest absolute Gasteiger partial charge is 0.328 e. The molecule has 1 fully saturated rings. The van der Waals surface area contributed by atoms with Gasteiger partial charge in [0.25, 0.3) is 5.91 Å². The zero-order chi connectivity index (χ0) is 13.5. The van der Waals surface area contributed by atoms with Crippen LogP contribution < -0.4 is 5.32 Å². The lowest BCUT2D eigenvalue weighted by atomic mass is 10.0. The second-order valence-electron chi connectivity index (χ2n) is 4.36.